The molecule has 1 fully saturated rings. The van der Waals surface area contributed by atoms with Crippen LogP contribution in [0.15, 0.2) is 35.4 Å². The first kappa shape index (κ1) is 14.7. The average Bonchev–Trinajstić information content (AvgIpc) is 3.14. The molecule has 1 aromatic heterocycles. The second-order valence-corrected chi connectivity index (χ2v) is 7.28. The number of nitrogens with zero attached hydrogens (tertiary/aromatic N) is 2. The van der Waals surface area contributed by atoms with Crippen LogP contribution < -0.4 is 0 Å². The van der Waals surface area contributed by atoms with Crippen molar-refractivity contribution in [1.82, 2.24) is 9.88 Å². The Labute approximate surface area is 143 Å². The largest absolute Gasteiger partial charge is 0.510 e. The van der Waals surface area contributed by atoms with Gasteiger partial charge in [-0.05, 0) is 24.8 Å². The van der Waals surface area contributed by atoms with Crippen LogP contribution in [0.2, 0.25) is 5.02 Å². The van der Waals surface area contributed by atoms with Crippen molar-refractivity contribution in [3.05, 3.63) is 45.4 Å². The third kappa shape index (κ3) is 2.75. The van der Waals surface area contributed by atoms with Gasteiger partial charge < -0.3 is 10.0 Å². The van der Waals surface area contributed by atoms with Crippen LogP contribution in [0.3, 0.4) is 0 Å². The standard InChI is InChI=1S/C17H16ClN3OS/c18-12-4-2-1-3-11(12)13-9-23-17(20-13)15-14(22)8-21(16(15)19)7-10-5-6-10/h1-4,9-10,19,22H,5-8H2. The summed E-state index contributed by atoms with van der Waals surface area (Å²) >= 11 is 7.66. The van der Waals surface area contributed by atoms with Crippen LogP contribution in [0.25, 0.3) is 16.8 Å². The number of thiazole rings is 1. The number of benzene rings is 1. The van der Waals surface area contributed by atoms with Crippen LogP contribution in [0, 0.1) is 11.3 Å². The Morgan fingerprint density at radius 1 is 1.35 bits per heavy atom. The van der Waals surface area contributed by atoms with Crippen LogP contribution in [0.5, 0.6) is 0 Å². The van der Waals surface area contributed by atoms with Crippen molar-refractivity contribution in [3.8, 4) is 11.3 Å². The van der Waals surface area contributed by atoms with Crippen LogP contribution >= 0.6 is 22.9 Å². The molecule has 2 N–H and O–H groups in total. The molecule has 1 saturated carbocycles. The van der Waals surface area contributed by atoms with Crippen molar-refractivity contribution in [1.29, 1.82) is 5.41 Å². The van der Waals surface area contributed by atoms with Crippen molar-refractivity contribution >= 4 is 34.3 Å². The van der Waals surface area contributed by atoms with Gasteiger partial charge in [-0.2, -0.15) is 0 Å². The number of hydrogen-bond donors (Lipinski definition) is 2. The molecular formula is C17H16ClN3OS. The van der Waals surface area contributed by atoms with E-state index in [1.165, 1.54) is 24.2 Å². The second-order valence-electron chi connectivity index (χ2n) is 6.01. The van der Waals surface area contributed by atoms with Gasteiger partial charge in [0.2, 0.25) is 0 Å². The summed E-state index contributed by atoms with van der Waals surface area (Å²) in [5, 5.41) is 21.9. The lowest BCUT2D eigenvalue weighted by Gasteiger charge is -2.17. The van der Waals surface area contributed by atoms with Gasteiger partial charge in [-0.15, -0.1) is 11.3 Å². The third-order valence-corrected chi connectivity index (χ3v) is 5.41. The van der Waals surface area contributed by atoms with E-state index in [2.05, 4.69) is 4.98 Å². The first-order valence-corrected chi connectivity index (χ1v) is 8.86. The number of halogens is 1. The molecule has 0 radical (unpaired) electrons. The van der Waals surface area contributed by atoms with Crippen LogP contribution in [-0.4, -0.2) is 33.9 Å². The summed E-state index contributed by atoms with van der Waals surface area (Å²) in [6.45, 7) is 1.28. The van der Waals surface area contributed by atoms with Gasteiger partial charge in [-0.1, -0.05) is 29.8 Å². The first-order valence-electron chi connectivity index (χ1n) is 7.60. The van der Waals surface area contributed by atoms with E-state index in [9.17, 15) is 5.11 Å². The summed E-state index contributed by atoms with van der Waals surface area (Å²) in [4.78, 5) is 6.55. The molecule has 23 heavy (non-hydrogen) atoms. The molecule has 2 heterocycles. The van der Waals surface area contributed by atoms with Crippen molar-refractivity contribution in [2.75, 3.05) is 13.1 Å². The van der Waals surface area contributed by atoms with Gasteiger partial charge in [-0.3, -0.25) is 5.41 Å². The monoisotopic (exact) mass is 345 g/mol. The molecule has 2 aliphatic rings. The fourth-order valence-corrected chi connectivity index (χ4v) is 3.93. The summed E-state index contributed by atoms with van der Waals surface area (Å²) < 4.78 is 0. The van der Waals surface area contributed by atoms with Gasteiger partial charge in [0.25, 0.3) is 0 Å². The van der Waals surface area contributed by atoms with Crippen molar-refractivity contribution in [3.63, 3.8) is 0 Å². The molecule has 0 spiro atoms. The summed E-state index contributed by atoms with van der Waals surface area (Å²) in [5.74, 6) is 1.31. The van der Waals surface area contributed by atoms with Gasteiger partial charge in [-0.25, -0.2) is 4.98 Å². The Bertz CT molecular complexity index is 810. The molecule has 6 heteroatoms. The molecule has 0 atom stereocenters. The molecule has 0 amide bonds. The molecule has 0 unspecified atom stereocenters. The number of hydrogen-bond acceptors (Lipinski definition) is 4. The zero-order valence-corrected chi connectivity index (χ0v) is 14.0. The highest BCUT2D eigenvalue weighted by atomic mass is 35.5. The number of aromatic nitrogens is 1. The van der Waals surface area contributed by atoms with E-state index in [1.807, 2.05) is 34.5 Å². The topological polar surface area (TPSA) is 60.2 Å². The van der Waals surface area contributed by atoms with Crippen molar-refractivity contribution < 1.29 is 5.11 Å². The van der Waals surface area contributed by atoms with E-state index < -0.39 is 0 Å². The minimum absolute atomic E-state index is 0.246. The lowest BCUT2D eigenvalue weighted by molar-refractivity contribution is 0.343. The summed E-state index contributed by atoms with van der Waals surface area (Å²) in [5.41, 5.74) is 2.22. The second kappa shape index (κ2) is 5.65. The van der Waals surface area contributed by atoms with E-state index in [0.717, 1.165) is 17.8 Å². The van der Waals surface area contributed by atoms with Crippen molar-refractivity contribution in [2.24, 2.45) is 5.92 Å². The Kier molecular flexibility index (Phi) is 3.62. The lowest BCUT2D eigenvalue weighted by atomic mass is 10.2. The number of rotatable bonds is 4. The van der Waals surface area contributed by atoms with Crippen LogP contribution in [-0.2, 0) is 0 Å². The van der Waals surface area contributed by atoms with Gasteiger partial charge in [0, 0.05) is 22.5 Å². The quantitative estimate of drug-likeness (QED) is 0.861. The van der Waals surface area contributed by atoms with Gasteiger partial charge in [0.1, 0.15) is 16.6 Å². The summed E-state index contributed by atoms with van der Waals surface area (Å²) in [6, 6.07) is 7.57. The predicted molar refractivity (Wildman–Crippen MR) is 94.1 cm³/mol. The average molecular weight is 346 g/mol. The number of amidine groups is 1. The Balaban J connectivity index is 1.62. The zero-order chi connectivity index (χ0) is 16.0. The maximum Gasteiger partial charge on any atom is 0.135 e. The molecule has 1 aliphatic carbocycles. The van der Waals surface area contributed by atoms with Crippen LogP contribution in [0.1, 0.15) is 17.8 Å². The molecule has 0 bridgehead atoms. The minimum Gasteiger partial charge on any atom is -0.510 e. The highest BCUT2D eigenvalue weighted by Crippen LogP contribution is 2.36. The van der Waals surface area contributed by atoms with Crippen LogP contribution in [0.4, 0.5) is 0 Å². The third-order valence-electron chi connectivity index (χ3n) is 4.23. The SMILES string of the molecule is N=C1C(c2nc(-c3ccccc3Cl)cs2)=C(O)CN1CC1CC1. The first-order chi connectivity index (χ1) is 11.1. The lowest BCUT2D eigenvalue weighted by Crippen LogP contribution is -2.28. The maximum absolute atomic E-state index is 10.3. The van der Waals surface area contributed by atoms with E-state index >= 15 is 0 Å². The van der Waals surface area contributed by atoms with E-state index in [4.69, 9.17) is 17.0 Å². The molecule has 1 aromatic carbocycles. The normalized spacial score (nSPS) is 18.1. The van der Waals surface area contributed by atoms with Gasteiger partial charge >= 0.3 is 0 Å². The summed E-state index contributed by atoms with van der Waals surface area (Å²) in [6.07, 6.45) is 2.46. The Morgan fingerprint density at radius 2 is 2.13 bits per heavy atom. The highest BCUT2D eigenvalue weighted by molar-refractivity contribution is 7.11. The summed E-state index contributed by atoms with van der Waals surface area (Å²) in [7, 11) is 0. The molecule has 118 valence electrons. The molecule has 4 rings (SSSR count). The van der Waals surface area contributed by atoms with Gasteiger partial charge in [0.05, 0.1) is 17.8 Å². The Hall–Kier alpha value is -1.85. The van der Waals surface area contributed by atoms with Gasteiger partial charge in [0.15, 0.2) is 0 Å². The predicted octanol–water partition coefficient (Wildman–Crippen LogP) is 4.44. The zero-order valence-electron chi connectivity index (χ0n) is 12.4. The molecule has 0 saturated heterocycles. The molecule has 2 aromatic rings. The van der Waals surface area contributed by atoms with Crippen molar-refractivity contribution in [2.45, 2.75) is 12.8 Å². The van der Waals surface area contributed by atoms with E-state index in [0.29, 0.717) is 33.9 Å². The number of nitrogens with one attached hydrogen (secondary N) is 1. The molecular weight excluding hydrogens is 330 g/mol. The molecule has 4 nitrogen and oxygen atoms in total. The fourth-order valence-electron chi connectivity index (χ4n) is 2.81. The Morgan fingerprint density at radius 3 is 2.87 bits per heavy atom. The van der Waals surface area contributed by atoms with E-state index in [1.54, 1.807) is 0 Å². The maximum atomic E-state index is 10.3. The molecule has 1 aliphatic heterocycles. The number of aliphatic hydroxyl groups excluding tert-OH is 1. The fraction of sp³-hybridized carbons (Fsp3) is 0.294. The smallest absolute Gasteiger partial charge is 0.135 e. The number of aliphatic hydroxyl groups is 1. The highest BCUT2D eigenvalue weighted by Gasteiger charge is 2.34. The van der Waals surface area contributed by atoms with E-state index in [-0.39, 0.29) is 5.76 Å². The minimum atomic E-state index is 0.246.